The fourth-order valence-corrected chi connectivity index (χ4v) is 6.39. The second-order valence-electron chi connectivity index (χ2n) is 11.5. The number of Topliss-reactive ketones (excluding diaryl/α,β-unsaturated/α-hetero) is 1. The molecule has 0 spiro atoms. The van der Waals surface area contributed by atoms with Gasteiger partial charge in [-0.25, -0.2) is 0 Å². The Hall–Kier alpha value is -2.94. The van der Waals surface area contributed by atoms with E-state index in [1.54, 1.807) is 21.9 Å². The van der Waals surface area contributed by atoms with Crippen molar-refractivity contribution in [2.24, 2.45) is 11.7 Å². The van der Waals surface area contributed by atoms with Crippen LogP contribution in [0.25, 0.3) is 0 Å². The van der Waals surface area contributed by atoms with Gasteiger partial charge in [0.15, 0.2) is 5.78 Å². The maximum atomic E-state index is 13.8. The van der Waals surface area contributed by atoms with Crippen molar-refractivity contribution in [3.05, 3.63) is 29.8 Å². The molecule has 2 saturated heterocycles. The second-order valence-corrected chi connectivity index (χ2v) is 11.5. The quantitative estimate of drug-likeness (QED) is 0.511. The molecule has 1 aliphatic carbocycles. The van der Waals surface area contributed by atoms with E-state index in [4.69, 9.17) is 5.73 Å². The molecule has 3 unspecified atom stereocenters. The highest BCUT2D eigenvalue weighted by Gasteiger charge is 2.55. The number of carbonyl (C=O) groups is 4. The lowest BCUT2D eigenvalue weighted by Gasteiger charge is -2.32. The Bertz CT molecular complexity index is 1050. The van der Waals surface area contributed by atoms with Gasteiger partial charge in [0.25, 0.3) is 5.91 Å². The Morgan fingerprint density at radius 1 is 1.08 bits per heavy atom. The summed E-state index contributed by atoms with van der Waals surface area (Å²) in [6.45, 7) is 10.3. The summed E-state index contributed by atoms with van der Waals surface area (Å²) < 4.78 is 0. The van der Waals surface area contributed by atoms with Gasteiger partial charge in [0.1, 0.15) is 12.1 Å². The third-order valence-corrected chi connectivity index (χ3v) is 8.46. The lowest BCUT2D eigenvalue weighted by atomic mass is 9.96. The maximum Gasteiger partial charge on any atom is 0.251 e. The molecule has 1 aromatic rings. The molecular formula is C29H43N5O4. The molecule has 9 nitrogen and oxygen atoms in total. The topological polar surface area (TPSA) is 116 Å². The number of fused-ring (bicyclic) bond motifs is 1. The van der Waals surface area contributed by atoms with Crippen molar-refractivity contribution < 1.29 is 19.2 Å². The minimum absolute atomic E-state index is 0.00299. The minimum Gasteiger partial charge on any atom is -0.372 e. The summed E-state index contributed by atoms with van der Waals surface area (Å²) >= 11 is 0. The van der Waals surface area contributed by atoms with Crippen LogP contribution in [-0.2, 0) is 14.4 Å². The number of nitrogens with zero attached hydrogens (tertiary/aromatic N) is 3. The molecule has 3 amide bonds. The van der Waals surface area contributed by atoms with Crippen LogP contribution in [0.15, 0.2) is 24.3 Å². The Kier molecular flexibility index (Phi) is 8.45. The van der Waals surface area contributed by atoms with E-state index in [1.807, 2.05) is 26.0 Å². The number of nitrogens with one attached hydrogen (secondary N) is 1. The predicted molar refractivity (Wildman–Crippen MR) is 147 cm³/mol. The van der Waals surface area contributed by atoms with Gasteiger partial charge in [0.2, 0.25) is 11.8 Å². The molecule has 3 atom stereocenters. The number of amides is 3. The minimum atomic E-state index is -0.901. The van der Waals surface area contributed by atoms with E-state index >= 15 is 0 Å². The van der Waals surface area contributed by atoms with Crippen LogP contribution in [0.5, 0.6) is 0 Å². The Morgan fingerprint density at radius 3 is 2.29 bits per heavy atom. The van der Waals surface area contributed by atoms with Crippen LogP contribution in [0.2, 0.25) is 0 Å². The fourth-order valence-electron chi connectivity index (χ4n) is 6.39. The number of nitrogens with two attached hydrogens (primary N) is 1. The van der Waals surface area contributed by atoms with E-state index in [9.17, 15) is 19.2 Å². The molecule has 208 valence electrons. The third kappa shape index (κ3) is 5.44. The number of anilines is 1. The van der Waals surface area contributed by atoms with Crippen LogP contribution in [-0.4, -0.2) is 83.1 Å². The summed E-state index contributed by atoms with van der Waals surface area (Å²) in [6.07, 6.45) is 4.09. The van der Waals surface area contributed by atoms with Crippen LogP contribution in [0, 0.1) is 5.92 Å². The van der Waals surface area contributed by atoms with Crippen molar-refractivity contribution in [2.45, 2.75) is 89.9 Å². The summed E-state index contributed by atoms with van der Waals surface area (Å²) in [7, 11) is 0. The highest BCUT2D eigenvalue weighted by atomic mass is 16.2. The molecule has 4 rings (SSSR count). The zero-order valence-electron chi connectivity index (χ0n) is 23.2. The fraction of sp³-hybridized carbons (Fsp3) is 0.655. The Labute approximate surface area is 226 Å². The Morgan fingerprint density at radius 2 is 1.71 bits per heavy atom. The van der Waals surface area contributed by atoms with Gasteiger partial charge < -0.3 is 25.8 Å². The van der Waals surface area contributed by atoms with E-state index in [-0.39, 0.29) is 42.0 Å². The van der Waals surface area contributed by atoms with Gasteiger partial charge in [-0.2, -0.15) is 0 Å². The van der Waals surface area contributed by atoms with Crippen molar-refractivity contribution in [2.75, 3.05) is 31.1 Å². The summed E-state index contributed by atoms with van der Waals surface area (Å²) in [5.41, 5.74) is 7.05. The highest BCUT2D eigenvalue weighted by molar-refractivity contribution is 6.01. The van der Waals surface area contributed by atoms with Crippen molar-refractivity contribution in [3.8, 4) is 0 Å². The first-order valence-corrected chi connectivity index (χ1v) is 14.2. The monoisotopic (exact) mass is 525 g/mol. The largest absolute Gasteiger partial charge is 0.372 e. The zero-order chi connectivity index (χ0) is 27.6. The van der Waals surface area contributed by atoms with Crippen molar-refractivity contribution in [1.82, 2.24) is 15.1 Å². The summed E-state index contributed by atoms with van der Waals surface area (Å²) in [4.78, 5) is 58.8. The van der Waals surface area contributed by atoms with E-state index in [2.05, 4.69) is 24.1 Å². The SMILES string of the molecule is CCN(CC)c1ccc(C(=O)NC(CC(C)C)C(=O)N2CCC3C2C(=O)CN3C(=O)C2(N)CCCC2)cc1. The average molecular weight is 526 g/mol. The van der Waals surface area contributed by atoms with Gasteiger partial charge in [-0.05, 0) is 69.7 Å². The molecule has 3 N–H and O–H groups in total. The predicted octanol–water partition coefficient (Wildman–Crippen LogP) is 2.33. The molecular weight excluding hydrogens is 482 g/mol. The van der Waals surface area contributed by atoms with Crippen LogP contribution < -0.4 is 16.0 Å². The molecule has 0 radical (unpaired) electrons. The number of benzene rings is 1. The molecule has 2 aliphatic heterocycles. The van der Waals surface area contributed by atoms with E-state index in [0.29, 0.717) is 37.8 Å². The molecule has 3 fully saturated rings. The summed E-state index contributed by atoms with van der Waals surface area (Å²) in [6, 6.07) is 5.63. The normalized spacial score (nSPS) is 23.1. The first-order chi connectivity index (χ1) is 18.1. The number of hydrogen-bond acceptors (Lipinski definition) is 6. The van der Waals surface area contributed by atoms with E-state index in [1.165, 1.54) is 0 Å². The molecule has 9 heteroatoms. The number of hydrogen-bond donors (Lipinski definition) is 2. The zero-order valence-corrected chi connectivity index (χ0v) is 23.2. The van der Waals surface area contributed by atoms with Gasteiger partial charge in [0.05, 0.1) is 18.1 Å². The second kappa shape index (κ2) is 11.4. The smallest absolute Gasteiger partial charge is 0.251 e. The maximum absolute atomic E-state index is 13.8. The van der Waals surface area contributed by atoms with Crippen LogP contribution >= 0.6 is 0 Å². The third-order valence-electron chi connectivity index (χ3n) is 8.46. The van der Waals surface area contributed by atoms with Crippen molar-refractivity contribution in [1.29, 1.82) is 0 Å². The summed E-state index contributed by atoms with van der Waals surface area (Å²) in [5.74, 6) is -0.704. The van der Waals surface area contributed by atoms with Gasteiger partial charge in [-0.1, -0.05) is 26.7 Å². The molecule has 2 heterocycles. The molecule has 0 bridgehead atoms. The highest BCUT2D eigenvalue weighted by Crippen LogP contribution is 2.36. The number of likely N-dealkylation sites (tertiary alicyclic amines) is 2. The summed E-state index contributed by atoms with van der Waals surface area (Å²) in [5, 5.41) is 2.94. The van der Waals surface area contributed by atoms with E-state index < -0.39 is 17.6 Å². The average Bonchev–Trinajstić information content (AvgIpc) is 3.61. The van der Waals surface area contributed by atoms with Gasteiger partial charge in [-0.15, -0.1) is 0 Å². The van der Waals surface area contributed by atoms with Crippen LogP contribution in [0.4, 0.5) is 5.69 Å². The number of rotatable bonds is 9. The van der Waals surface area contributed by atoms with Crippen LogP contribution in [0.1, 0.15) is 76.6 Å². The molecule has 3 aliphatic rings. The van der Waals surface area contributed by atoms with Gasteiger partial charge in [-0.3, -0.25) is 19.2 Å². The lowest BCUT2D eigenvalue weighted by Crippen LogP contribution is -2.56. The Balaban J connectivity index is 1.47. The molecule has 0 aromatic heterocycles. The molecule has 38 heavy (non-hydrogen) atoms. The number of ketones is 1. The van der Waals surface area contributed by atoms with Crippen molar-refractivity contribution in [3.63, 3.8) is 0 Å². The van der Waals surface area contributed by atoms with Crippen molar-refractivity contribution >= 4 is 29.2 Å². The number of carbonyl (C=O) groups excluding carboxylic acids is 4. The van der Waals surface area contributed by atoms with Gasteiger partial charge in [0, 0.05) is 30.9 Å². The van der Waals surface area contributed by atoms with Crippen LogP contribution in [0.3, 0.4) is 0 Å². The molecule has 1 saturated carbocycles. The lowest BCUT2D eigenvalue weighted by molar-refractivity contribution is -0.138. The van der Waals surface area contributed by atoms with E-state index in [0.717, 1.165) is 31.6 Å². The first-order valence-electron chi connectivity index (χ1n) is 14.2. The molecule has 1 aromatic carbocycles. The first kappa shape index (κ1) is 28.1. The standard InChI is InChI=1S/C29H43N5O4/c1-5-32(6-2)21-11-9-20(10-12-21)26(36)31-22(17-19(3)4)27(37)33-16-13-23-25(33)24(35)18-34(23)28(38)29(30)14-7-8-15-29/h9-12,19,22-23,25H,5-8,13-18,30H2,1-4H3,(H,31,36). The van der Waals surface area contributed by atoms with Gasteiger partial charge >= 0.3 is 0 Å².